The summed E-state index contributed by atoms with van der Waals surface area (Å²) in [6.45, 7) is 4.24. The summed E-state index contributed by atoms with van der Waals surface area (Å²) in [5, 5.41) is 0. The Bertz CT molecular complexity index is 323. The van der Waals surface area contributed by atoms with Gasteiger partial charge in [0.2, 0.25) is 0 Å². The summed E-state index contributed by atoms with van der Waals surface area (Å²) < 4.78 is 4.60. The smallest absolute Gasteiger partial charge is 0.356 e. The van der Waals surface area contributed by atoms with E-state index in [1.165, 1.54) is 7.11 Å². The number of aromatic nitrogens is 1. The van der Waals surface area contributed by atoms with E-state index in [-0.39, 0.29) is 5.97 Å². The van der Waals surface area contributed by atoms with Gasteiger partial charge in [-0.2, -0.15) is 0 Å². The molecule has 1 aromatic rings. The standard InChI is InChI=1S/C11H15NO2/c1-4-8(2)9-5-6-12-10(7-9)11(13)14-3/h5-8H,4H2,1-3H3. The van der Waals surface area contributed by atoms with Gasteiger partial charge in [-0.15, -0.1) is 0 Å². The summed E-state index contributed by atoms with van der Waals surface area (Å²) in [6, 6.07) is 3.72. The van der Waals surface area contributed by atoms with Crippen molar-refractivity contribution in [1.82, 2.24) is 4.98 Å². The van der Waals surface area contributed by atoms with Gasteiger partial charge in [-0.3, -0.25) is 0 Å². The van der Waals surface area contributed by atoms with Crippen molar-refractivity contribution in [3.8, 4) is 0 Å². The van der Waals surface area contributed by atoms with Crippen molar-refractivity contribution in [1.29, 1.82) is 0 Å². The van der Waals surface area contributed by atoms with Crippen LogP contribution in [0.5, 0.6) is 0 Å². The number of nitrogens with zero attached hydrogens (tertiary/aromatic N) is 1. The fourth-order valence-electron chi connectivity index (χ4n) is 1.21. The lowest BCUT2D eigenvalue weighted by molar-refractivity contribution is 0.0594. The van der Waals surface area contributed by atoms with Crippen LogP contribution >= 0.6 is 0 Å². The third kappa shape index (κ3) is 2.31. The molecule has 1 rings (SSSR count). The largest absolute Gasteiger partial charge is 0.464 e. The SMILES string of the molecule is CCC(C)c1ccnc(C(=O)OC)c1. The summed E-state index contributed by atoms with van der Waals surface area (Å²) in [4.78, 5) is 15.1. The van der Waals surface area contributed by atoms with E-state index in [1.807, 2.05) is 6.07 Å². The van der Waals surface area contributed by atoms with Crippen LogP contribution in [0.2, 0.25) is 0 Å². The Labute approximate surface area is 84.1 Å². The molecule has 3 heteroatoms. The van der Waals surface area contributed by atoms with Crippen molar-refractivity contribution >= 4 is 5.97 Å². The highest BCUT2D eigenvalue weighted by Gasteiger charge is 2.09. The zero-order chi connectivity index (χ0) is 10.6. The molecule has 76 valence electrons. The minimum atomic E-state index is -0.379. The third-order valence-corrected chi connectivity index (χ3v) is 2.36. The summed E-state index contributed by atoms with van der Waals surface area (Å²) in [5.74, 6) is 0.0663. The first-order valence-corrected chi connectivity index (χ1v) is 4.73. The van der Waals surface area contributed by atoms with Gasteiger partial charge in [0.15, 0.2) is 0 Å². The quantitative estimate of drug-likeness (QED) is 0.692. The lowest BCUT2D eigenvalue weighted by atomic mass is 9.99. The lowest BCUT2D eigenvalue weighted by Gasteiger charge is -2.08. The Kier molecular flexibility index (Phi) is 3.63. The number of rotatable bonds is 3. The number of carbonyl (C=O) groups is 1. The number of methoxy groups -OCH3 is 1. The molecule has 1 heterocycles. The second-order valence-corrected chi connectivity index (χ2v) is 3.28. The average Bonchev–Trinajstić information content (AvgIpc) is 2.27. The highest BCUT2D eigenvalue weighted by Crippen LogP contribution is 2.18. The molecule has 0 aliphatic carbocycles. The fraction of sp³-hybridized carbons (Fsp3) is 0.455. The Morgan fingerprint density at radius 2 is 2.36 bits per heavy atom. The molecule has 0 saturated heterocycles. The molecular weight excluding hydrogens is 178 g/mol. The van der Waals surface area contributed by atoms with E-state index in [1.54, 1.807) is 12.3 Å². The lowest BCUT2D eigenvalue weighted by Crippen LogP contribution is -2.05. The molecule has 0 aliphatic rings. The van der Waals surface area contributed by atoms with Crippen LogP contribution in [-0.4, -0.2) is 18.1 Å². The molecule has 0 N–H and O–H groups in total. The second-order valence-electron chi connectivity index (χ2n) is 3.28. The van der Waals surface area contributed by atoms with Crippen LogP contribution in [0.15, 0.2) is 18.3 Å². The van der Waals surface area contributed by atoms with Gasteiger partial charge < -0.3 is 4.74 Å². The molecule has 1 unspecified atom stereocenters. The number of ether oxygens (including phenoxy) is 1. The van der Waals surface area contributed by atoms with E-state index in [0.717, 1.165) is 12.0 Å². The monoisotopic (exact) mass is 193 g/mol. The van der Waals surface area contributed by atoms with Gasteiger partial charge in [0.25, 0.3) is 0 Å². The van der Waals surface area contributed by atoms with Crippen LogP contribution in [-0.2, 0) is 4.74 Å². The van der Waals surface area contributed by atoms with Crippen LogP contribution in [0.25, 0.3) is 0 Å². The Morgan fingerprint density at radius 3 is 2.93 bits per heavy atom. The maximum atomic E-state index is 11.2. The van der Waals surface area contributed by atoms with E-state index in [0.29, 0.717) is 11.6 Å². The number of carbonyl (C=O) groups excluding carboxylic acids is 1. The normalized spacial score (nSPS) is 12.2. The van der Waals surface area contributed by atoms with Gasteiger partial charge in [-0.05, 0) is 30.0 Å². The maximum Gasteiger partial charge on any atom is 0.356 e. The third-order valence-electron chi connectivity index (χ3n) is 2.36. The average molecular weight is 193 g/mol. The molecule has 0 bridgehead atoms. The van der Waals surface area contributed by atoms with Crippen molar-refractivity contribution in [2.75, 3.05) is 7.11 Å². The Balaban J connectivity index is 2.95. The highest BCUT2D eigenvalue weighted by molar-refractivity contribution is 5.87. The minimum Gasteiger partial charge on any atom is -0.464 e. The Hall–Kier alpha value is -1.38. The van der Waals surface area contributed by atoms with E-state index < -0.39 is 0 Å². The van der Waals surface area contributed by atoms with Crippen LogP contribution in [0.1, 0.15) is 42.2 Å². The van der Waals surface area contributed by atoms with Gasteiger partial charge in [0, 0.05) is 6.20 Å². The molecule has 0 aromatic carbocycles. The molecule has 0 saturated carbocycles. The van der Waals surface area contributed by atoms with Crippen LogP contribution < -0.4 is 0 Å². The first-order chi connectivity index (χ1) is 6.69. The molecule has 0 spiro atoms. The van der Waals surface area contributed by atoms with Gasteiger partial charge >= 0.3 is 5.97 Å². The van der Waals surface area contributed by atoms with Crippen molar-refractivity contribution < 1.29 is 9.53 Å². The topological polar surface area (TPSA) is 39.2 Å². The van der Waals surface area contributed by atoms with Gasteiger partial charge in [0.1, 0.15) is 5.69 Å². The van der Waals surface area contributed by atoms with E-state index >= 15 is 0 Å². The number of hydrogen-bond donors (Lipinski definition) is 0. The van der Waals surface area contributed by atoms with Gasteiger partial charge in [-0.25, -0.2) is 9.78 Å². The molecule has 0 aliphatic heterocycles. The molecule has 14 heavy (non-hydrogen) atoms. The second kappa shape index (κ2) is 4.74. The number of esters is 1. The molecule has 1 atom stereocenters. The van der Waals surface area contributed by atoms with Crippen LogP contribution in [0.4, 0.5) is 0 Å². The molecule has 3 nitrogen and oxygen atoms in total. The maximum absolute atomic E-state index is 11.2. The summed E-state index contributed by atoms with van der Waals surface area (Å²) in [7, 11) is 1.36. The number of hydrogen-bond acceptors (Lipinski definition) is 3. The van der Waals surface area contributed by atoms with E-state index in [2.05, 4.69) is 23.6 Å². The van der Waals surface area contributed by atoms with Crippen molar-refractivity contribution in [3.63, 3.8) is 0 Å². The minimum absolute atomic E-state index is 0.379. The van der Waals surface area contributed by atoms with E-state index in [4.69, 9.17) is 0 Å². The predicted octanol–water partition coefficient (Wildman–Crippen LogP) is 2.38. The summed E-state index contributed by atoms with van der Waals surface area (Å²) in [5.41, 5.74) is 1.51. The molecule has 0 fully saturated rings. The van der Waals surface area contributed by atoms with E-state index in [9.17, 15) is 4.79 Å². The molecular formula is C11H15NO2. The molecule has 1 aromatic heterocycles. The predicted molar refractivity (Wildman–Crippen MR) is 54.3 cm³/mol. The summed E-state index contributed by atoms with van der Waals surface area (Å²) >= 11 is 0. The Morgan fingerprint density at radius 1 is 1.64 bits per heavy atom. The number of pyridine rings is 1. The van der Waals surface area contributed by atoms with Crippen molar-refractivity contribution in [2.24, 2.45) is 0 Å². The molecule has 0 amide bonds. The molecule has 0 radical (unpaired) electrons. The first-order valence-electron chi connectivity index (χ1n) is 4.73. The summed E-state index contributed by atoms with van der Waals surface area (Å²) in [6.07, 6.45) is 2.69. The van der Waals surface area contributed by atoms with Gasteiger partial charge in [0.05, 0.1) is 7.11 Å². The van der Waals surface area contributed by atoms with Crippen LogP contribution in [0.3, 0.4) is 0 Å². The first kappa shape index (κ1) is 10.7. The van der Waals surface area contributed by atoms with Gasteiger partial charge in [-0.1, -0.05) is 13.8 Å². The zero-order valence-corrected chi connectivity index (χ0v) is 8.78. The van der Waals surface area contributed by atoms with Crippen molar-refractivity contribution in [3.05, 3.63) is 29.6 Å². The fourth-order valence-corrected chi connectivity index (χ4v) is 1.21. The van der Waals surface area contributed by atoms with Crippen LogP contribution in [0, 0.1) is 0 Å². The zero-order valence-electron chi connectivity index (χ0n) is 8.78. The highest BCUT2D eigenvalue weighted by atomic mass is 16.5. The van der Waals surface area contributed by atoms with Crippen molar-refractivity contribution in [2.45, 2.75) is 26.2 Å².